The van der Waals surface area contributed by atoms with Gasteiger partial charge in [0.2, 0.25) is 0 Å². The van der Waals surface area contributed by atoms with Crippen molar-refractivity contribution >= 4 is 11.3 Å². The van der Waals surface area contributed by atoms with Gasteiger partial charge in [-0.25, -0.2) is 18.6 Å². The molecule has 0 saturated carbocycles. The lowest BCUT2D eigenvalue weighted by molar-refractivity contribution is -0.0513. The molecule has 0 amide bonds. The highest BCUT2D eigenvalue weighted by Gasteiger charge is 2.32. The standard InChI is InChI=1S/C24H27F3N6O2/c1-4-18-14-31(15(2)19-6-5-16(25)11-21(19)35-24(26)27)9-10-32(18)20-12-22(34)30(3)33-13-17(7-8-28)29-23(20)33/h5-6,11-13,15,18,24H,4,7,9-10,14H2,1-3H3. The molecule has 1 aliphatic heterocycles. The van der Waals surface area contributed by atoms with E-state index in [1.165, 1.54) is 16.8 Å². The average Bonchev–Trinajstić information content (AvgIpc) is 3.25. The average molecular weight is 489 g/mol. The summed E-state index contributed by atoms with van der Waals surface area (Å²) < 4.78 is 47.2. The molecule has 1 aromatic carbocycles. The monoisotopic (exact) mass is 488 g/mol. The van der Waals surface area contributed by atoms with Gasteiger partial charge < -0.3 is 9.64 Å². The molecule has 8 nitrogen and oxygen atoms in total. The van der Waals surface area contributed by atoms with Crippen molar-refractivity contribution in [3.05, 3.63) is 57.9 Å². The highest BCUT2D eigenvalue weighted by Crippen LogP contribution is 2.34. The number of aromatic nitrogens is 3. The summed E-state index contributed by atoms with van der Waals surface area (Å²) >= 11 is 0. The number of alkyl halides is 2. The molecule has 35 heavy (non-hydrogen) atoms. The molecule has 2 aromatic heterocycles. The third-order valence-electron chi connectivity index (χ3n) is 6.61. The number of benzene rings is 1. The fourth-order valence-electron chi connectivity index (χ4n) is 4.73. The quantitative estimate of drug-likeness (QED) is 0.507. The van der Waals surface area contributed by atoms with Crippen molar-refractivity contribution in [3.8, 4) is 11.8 Å². The molecule has 0 spiro atoms. The van der Waals surface area contributed by atoms with Crippen LogP contribution in [0, 0.1) is 17.1 Å². The van der Waals surface area contributed by atoms with Crippen LogP contribution in [0.5, 0.6) is 5.75 Å². The van der Waals surface area contributed by atoms with Crippen molar-refractivity contribution in [1.29, 1.82) is 5.26 Å². The number of fused-ring (bicyclic) bond motifs is 1. The molecule has 1 fully saturated rings. The Morgan fingerprint density at radius 2 is 2.06 bits per heavy atom. The Morgan fingerprint density at radius 1 is 1.29 bits per heavy atom. The summed E-state index contributed by atoms with van der Waals surface area (Å²) in [5, 5.41) is 9.07. The van der Waals surface area contributed by atoms with E-state index in [9.17, 15) is 18.0 Å². The van der Waals surface area contributed by atoms with E-state index in [0.29, 0.717) is 42.2 Å². The maximum Gasteiger partial charge on any atom is 0.387 e. The van der Waals surface area contributed by atoms with E-state index >= 15 is 0 Å². The van der Waals surface area contributed by atoms with E-state index in [4.69, 9.17) is 5.26 Å². The first-order valence-corrected chi connectivity index (χ1v) is 11.4. The largest absolute Gasteiger partial charge is 0.434 e. The number of ether oxygens (including phenoxy) is 1. The van der Waals surface area contributed by atoms with E-state index < -0.39 is 12.4 Å². The van der Waals surface area contributed by atoms with E-state index in [1.54, 1.807) is 23.8 Å². The van der Waals surface area contributed by atoms with E-state index in [-0.39, 0.29) is 29.8 Å². The van der Waals surface area contributed by atoms with E-state index in [2.05, 4.69) is 25.6 Å². The zero-order chi connectivity index (χ0) is 25.3. The molecule has 4 rings (SSSR count). The van der Waals surface area contributed by atoms with Gasteiger partial charge in [-0.05, 0) is 19.4 Å². The van der Waals surface area contributed by atoms with Crippen molar-refractivity contribution in [3.63, 3.8) is 0 Å². The highest BCUT2D eigenvalue weighted by atomic mass is 19.3. The molecule has 186 valence electrons. The van der Waals surface area contributed by atoms with E-state index in [0.717, 1.165) is 12.5 Å². The third kappa shape index (κ3) is 4.84. The molecule has 1 aliphatic rings. The van der Waals surface area contributed by atoms with Crippen LogP contribution in [0.15, 0.2) is 35.3 Å². The second kappa shape index (κ2) is 10.00. The maximum atomic E-state index is 13.7. The summed E-state index contributed by atoms with van der Waals surface area (Å²) in [6.45, 7) is 2.62. The Kier molecular flexibility index (Phi) is 7.03. The van der Waals surface area contributed by atoms with Crippen molar-refractivity contribution in [2.45, 2.75) is 45.4 Å². The van der Waals surface area contributed by atoms with Gasteiger partial charge in [-0.3, -0.25) is 9.69 Å². The molecule has 3 heterocycles. The predicted molar refractivity (Wildman–Crippen MR) is 124 cm³/mol. The van der Waals surface area contributed by atoms with E-state index in [1.807, 2.05) is 13.8 Å². The van der Waals surface area contributed by atoms with Crippen LogP contribution in [0.4, 0.5) is 18.9 Å². The fourth-order valence-corrected chi connectivity index (χ4v) is 4.73. The second-order valence-electron chi connectivity index (χ2n) is 8.61. The maximum absolute atomic E-state index is 13.7. The fraction of sp³-hybridized carbons (Fsp3) is 0.458. The molecular weight excluding hydrogens is 461 g/mol. The number of aryl methyl sites for hydroxylation is 1. The molecule has 2 unspecified atom stereocenters. The predicted octanol–water partition coefficient (Wildman–Crippen LogP) is 3.50. The first kappa shape index (κ1) is 24.6. The first-order chi connectivity index (χ1) is 16.7. The lowest BCUT2D eigenvalue weighted by atomic mass is 10.0. The number of hydrogen-bond donors (Lipinski definition) is 0. The molecular formula is C24H27F3N6O2. The molecule has 0 bridgehead atoms. The minimum Gasteiger partial charge on any atom is -0.434 e. The molecule has 3 aromatic rings. The van der Waals surface area contributed by atoms with Crippen LogP contribution in [-0.2, 0) is 13.5 Å². The Bertz CT molecular complexity index is 1320. The number of nitriles is 1. The van der Waals surface area contributed by atoms with Gasteiger partial charge in [0.05, 0.1) is 30.1 Å². The van der Waals surface area contributed by atoms with Crippen molar-refractivity contribution < 1.29 is 17.9 Å². The van der Waals surface area contributed by atoms with Gasteiger partial charge in [0.25, 0.3) is 5.56 Å². The van der Waals surface area contributed by atoms with Crippen LogP contribution in [0.3, 0.4) is 0 Å². The summed E-state index contributed by atoms with van der Waals surface area (Å²) in [4.78, 5) is 21.6. The lowest BCUT2D eigenvalue weighted by Gasteiger charge is -2.45. The summed E-state index contributed by atoms with van der Waals surface area (Å²) in [6, 6.07) is 7.08. The lowest BCUT2D eigenvalue weighted by Crippen LogP contribution is -2.54. The highest BCUT2D eigenvalue weighted by molar-refractivity contribution is 5.69. The van der Waals surface area contributed by atoms with Gasteiger partial charge in [-0.1, -0.05) is 13.0 Å². The normalized spacial score (nSPS) is 17.7. The number of piperazine rings is 1. The van der Waals surface area contributed by atoms with Crippen molar-refractivity contribution in [2.75, 3.05) is 24.5 Å². The summed E-state index contributed by atoms with van der Waals surface area (Å²) in [5.41, 5.74) is 2.17. The SMILES string of the molecule is CCC1CN(C(C)c2ccc(F)cc2OC(F)F)CCN1c1cc(=O)n(C)n2cc(CC#N)nc12. The molecule has 11 heteroatoms. The first-order valence-electron chi connectivity index (χ1n) is 11.4. The van der Waals surface area contributed by atoms with Gasteiger partial charge in [0.15, 0.2) is 5.65 Å². The number of anilines is 1. The van der Waals surface area contributed by atoms with Gasteiger partial charge in [-0.15, -0.1) is 0 Å². The van der Waals surface area contributed by atoms with Gasteiger partial charge >= 0.3 is 6.61 Å². The summed E-state index contributed by atoms with van der Waals surface area (Å²) in [5.74, 6) is -0.809. The van der Waals surface area contributed by atoms with Crippen LogP contribution < -0.4 is 15.2 Å². The second-order valence-corrected chi connectivity index (χ2v) is 8.61. The Labute approximate surface area is 200 Å². The molecule has 0 N–H and O–H groups in total. The van der Waals surface area contributed by atoms with Gasteiger partial charge in [-0.2, -0.15) is 14.0 Å². The summed E-state index contributed by atoms with van der Waals surface area (Å²) in [6.07, 6.45) is 2.60. The smallest absolute Gasteiger partial charge is 0.387 e. The Morgan fingerprint density at radius 3 is 2.74 bits per heavy atom. The Hall–Kier alpha value is -3.52. The number of rotatable bonds is 7. The number of hydrogen-bond acceptors (Lipinski definition) is 6. The molecule has 2 atom stereocenters. The van der Waals surface area contributed by atoms with Crippen LogP contribution in [0.1, 0.15) is 37.6 Å². The van der Waals surface area contributed by atoms with Gasteiger partial charge in [0.1, 0.15) is 11.6 Å². The number of nitrogens with zero attached hydrogens (tertiary/aromatic N) is 6. The third-order valence-corrected chi connectivity index (χ3v) is 6.61. The topological polar surface area (TPSA) is 78.8 Å². The molecule has 0 radical (unpaired) electrons. The number of imidazole rings is 1. The molecule has 1 saturated heterocycles. The minimum absolute atomic E-state index is 0.0122. The zero-order valence-electron chi connectivity index (χ0n) is 19.8. The van der Waals surface area contributed by atoms with Crippen molar-refractivity contribution in [2.24, 2.45) is 7.05 Å². The minimum atomic E-state index is -3.05. The van der Waals surface area contributed by atoms with Crippen LogP contribution in [0.2, 0.25) is 0 Å². The van der Waals surface area contributed by atoms with Crippen LogP contribution >= 0.6 is 0 Å². The summed E-state index contributed by atoms with van der Waals surface area (Å²) in [7, 11) is 1.65. The van der Waals surface area contributed by atoms with Gasteiger partial charge in [0, 0.05) is 56.5 Å². The zero-order valence-corrected chi connectivity index (χ0v) is 19.8. The Balaban J connectivity index is 1.64. The number of halogens is 3. The van der Waals surface area contributed by atoms with Crippen LogP contribution in [0.25, 0.3) is 5.65 Å². The molecule has 0 aliphatic carbocycles. The van der Waals surface area contributed by atoms with Crippen molar-refractivity contribution in [1.82, 2.24) is 19.1 Å². The van der Waals surface area contributed by atoms with Crippen LogP contribution in [-0.4, -0.2) is 51.4 Å².